The third-order valence-corrected chi connectivity index (χ3v) is 4.64. The smallest absolute Gasteiger partial charge is 0.230 e. The summed E-state index contributed by atoms with van der Waals surface area (Å²) >= 11 is 1.56. The van der Waals surface area contributed by atoms with Crippen LogP contribution in [0.15, 0.2) is 28.7 Å². The number of aryl methyl sites for hydroxylation is 1. The second kappa shape index (κ2) is 7.75. The minimum atomic E-state index is 0.105. The molecule has 0 saturated heterocycles. The zero-order valence-electron chi connectivity index (χ0n) is 14.0. The van der Waals surface area contributed by atoms with Crippen LogP contribution in [0.5, 0.6) is 5.75 Å². The van der Waals surface area contributed by atoms with Crippen LogP contribution in [0.3, 0.4) is 0 Å². The molecule has 1 aromatic carbocycles. The number of nitrogens with one attached hydrogen (secondary N) is 1. The summed E-state index contributed by atoms with van der Waals surface area (Å²) in [6, 6.07) is 8.13. The third kappa shape index (κ3) is 4.54. The minimum absolute atomic E-state index is 0.105. The van der Waals surface area contributed by atoms with Gasteiger partial charge in [-0.2, -0.15) is 0 Å². The number of aromatic nitrogens is 1. The summed E-state index contributed by atoms with van der Waals surface area (Å²) in [6.45, 7) is 4.48. The molecule has 1 aliphatic carbocycles. The lowest BCUT2D eigenvalue weighted by atomic mass is 10.2. The number of amides is 1. The molecule has 5 nitrogen and oxygen atoms in total. The Kier molecular flexibility index (Phi) is 5.45. The minimum Gasteiger partial charge on any atom is -0.494 e. The summed E-state index contributed by atoms with van der Waals surface area (Å²) < 4.78 is 11.3. The summed E-state index contributed by atoms with van der Waals surface area (Å²) in [5, 5.41) is 2.99. The normalized spacial score (nSPS) is 13.8. The Bertz CT molecular complexity index is 710. The van der Waals surface area contributed by atoms with Crippen molar-refractivity contribution in [2.75, 3.05) is 12.4 Å². The Labute approximate surface area is 146 Å². The topological polar surface area (TPSA) is 64.4 Å². The molecule has 0 aliphatic heterocycles. The lowest BCUT2D eigenvalue weighted by Crippen LogP contribution is -2.27. The SMILES string of the molecule is CCOc1cccc(-c2nc(CSCC(=O)NC3CC3)c(C)o2)c1. The number of carbonyl (C=O) groups excluding carboxylic acids is 1. The highest BCUT2D eigenvalue weighted by Gasteiger charge is 2.23. The molecular formula is C18H22N2O3S. The van der Waals surface area contributed by atoms with Crippen molar-refractivity contribution in [1.29, 1.82) is 0 Å². The van der Waals surface area contributed by atoms with E-state index in [4.69, 9.17) is 9.15 Å². The predicted octanol–water partition coefficient (Wildman–Crippen LogP) is 3.56. The molecule has 24 heavy (non-hydrogen) atoms. The van der Waals surface area contributed by atoms with E-state index in [1.54, 1.807) is 11.8 Å². The van der Waals surface area contributed by atoms with Gasteiger partial charge in [-0.25, -0.2) is 4.98 Å². The van der Waals surface area contributed by atoms with Crippen molar-refractivity contribution in [3.63, 3.8) is 0 Å². The molecule has 1 heterocycles. The quantitative estimate of drug-likeness (QED) is 0.792. The highest BCUT2D eigenvalue weighted by Crippen LogP contribution is 2.27. The fraction of sp³-hybridized carbons (Fsp3) is 0.444. The molecule has 0 unspecified atom stereocenters. The average molecular weight is 346 g/mol. The van der Waals surface area contributed by atoms with Gasteiger partial charge in [0.15, 0.2) is 0 Å². The van der Waals surface area contributed by atoms with Gasteiger partial charge in [0.1, 0.15) is 11.5 Å². The molecule has 1 aromatic heterocycles. The van der Waals surface area contributed by atoms with Crippen molar-refractivity contribution in [3.05, 3.63) is 35.7 Å². The van der Waals surface area contributed by atoms with Gasteiger partial charge in [-0.05, 0) is 44.9 Å². The van der Waals surface area contributed by atoms with Gasteiger partial charge >= 0.3 is 0 Å². The zero-order chi connectivity index (χ0) is 16.9. The number of hydrogen-bond acceptors (Lipinski definition) is 5. The lowest BCUT2D eigenvalue weighted by molar-refractivity contribution is -0.118. The first kappa shape index (κ1) is 16.9. The Morgan fingerprint density at radius 2 is 2.29 bits per heavy atom. The van der Waals surface area contributed by atoms with Crippen LogP contribution in [0.4, 0.5) is 0 Å². The van der Waals surface area contributed by atoms with Crippen LogP contribution >= 0.6 is 11.8 Å². The molecule has 1 fully saturated rings. The first-order valence-electron chi connectivity index (χ1n) is 8.22. The van der Waals surface area contributed by atoms with E-state index in [0.717, 1.165) is 35.6 Å². The summed E-state index contributed by atoms with van der Waals surface area (Å²) in [4.78, 5) is 16.3. The molecule has 0 radical (unpaired) electrons. The van der Waals surface area contributed by atoms with Crippen LogP contribution in [0.1, 0.15) is 31.2 Å². The van der Waals surface area contributed by atoms with Crippen molar-refractivity contribution in [3.8, 4) is 17.2 Å². The Morgan fingerprint density at radius 3 is 3.04 bits per heavy atom. The van der Waals surface area contributed by atoms with Crippen LogP contribution in [0.2, 0.25) is 0 Å². The third-order valence-electron chi connectivity index (χ3n) is 3.70. The average Bonchev–Trinajstić information content (AvgIpc) is 3.29. The number of rotatable bonds is 8. The molecule has 1 saturated carbocycles. The van der Waals surface area contributed by atoms with Crippen LogP contribution < -0.4 is 10.1 Å². The van der Waals surface area contributed by atoms with Gasteiger partial charge in [-0.1, -0.05) is 6.07 Å². The zero-order valence-corrected chi connectivity index (χ0v) is 14.8. The van der Waals surface area contributed by atoms with Crippen molar-refractivity contribution in [2.45, 2.75) is 38.5 Å². The van der Waals surface area contributed by atoms with E-state index in [-0.39, 0.29) is 5.91 Å². The molecule has 2 aromatic rings. The second-order valence-corrected chi connectivity index (χ2v) is 6.80. The van der Waals surface area contributed by atoms with E-state index >= 15 is 0 Å². The number of nitrogens with zero attached hydrogens (tertiary/aromatic N) is 1. The van der Waals surface area contributed by atoms with Crippen molar-refractivity contribution < 1.29 is 13.9 Å². The van der Waals surface area contributed by atoms with E-state index in [1.165, 1.54) is 0 Å². The molecule has 1 aliphatic rings. The van der Waals surface area contributed by atoms with Crippen molar-refractivity contribution in [2.24, 2.45) is 0 Å². The number of carbonyl (C=O) groups is 1. The highest BCUT2D eigenvalue weighted by atomic mass is 32.2. The van der Waals surface area contributed by atoms with Gasteiger partial charge in [0.2, 0.25) is 11.8 Å². The van der Waals surface area contributed by atoms with E-state index in [0.29, 0.717) is 30.0 Å². The second-order valence-electron chi connectivity index (χ2n) is 5.82. The van der Waals surface area contributed by atoms with Crippen molar-refractivity contribution in [1.82, 2.24) is 10.3 Å². The summed E-state index contributed by atoms with van der Waals surface area (Å²) in [5.41, 5.74) is 1.78. The van der Waals surface area contributed by atoms with Gasteiger partial charge in [0, 0.05) is 17.4 Å². The van der Waals surface area contributed by atoms with Crippen LogP contribution in [-0.4, -0.2) is 29.3 Å². The fourth-order valence-electron chi connectivity index (χ4n) is 2.31. The highest BCUT2D eigenvalue weighted by molar-refractivity contribution is 7.99. The fourth-order valence-corrected chi connectivity index (χ4v) is 3.14. The molecule has 3 rings (SSSR count). The van der Waals surface area contributed by atoms with Crippen LogP contribution in [0, 0.1) is 6.92 Å². The molecule has 0 bridgehead atoms. The molecule has 128 valence electrons. The largest absolute Gasteiger partial charge is 0.494 e. The molecular weight excluding hydrogens is 324 g/mol. The Morgan fingerprint density at radius 1 is 1.46 bits per heavy atom. The van der Waals surface area contributed by atoms with E-state index in [2.05, 4.69) is 10.3 Å². The van der Waals surface area contributed by atoms with Gasteiger partial charge < -0.3 is 14.5 Å². The maximum atomic E-state index is 11.7. The number of benzene rings is 1. The maximum absolute atomic E-state index is 11.7. The van der Waals surface area contributed by atoms with Crippen LogP contribution in [-0.2, 0) is 10.5 Å². The summed E-state index contributed by atoms with van der Waals surface area (Å²) in [5.74, 6) is 3.41. The predicted molar refractivity (Wildman–Crippen MR) is 95.2 cm³/mol. The standard InChI is InChI=1S/C18H22N2O3S/c1-3-22-15-6-4-5-13(9-15)18-20-16(12(2)23-18)10-24-11-17(21)19-14-7-8-14/h4-6,9,14H,3,7-8,10-11H2,1-2H3,(H,19,21). The Hall–Kier alpha value is -1.95. The number of ether oxygens (including phenoxy) is 1. The molecule has 0 spiro atoms. The number of hydrogen-bond donors (Lipinski definition) is 1. The number of thioether (sulfide) groups is 1. The van der Waals surface area contributed by atoms with Crippen molar-refractivity contribution >= 4 is 17.7 Å². The van der Waals surface area contributed by atoms with Gasteiger partial charge in [-0.3, -0.25) is 4.79 Å². The van der Waals surface area contributed by atoms with Gasteiger partial charge in [0.25, 0.3) is 0 Å². The van der Waals surface area contributed by atoms with E-state index < -0.39 is 0 Å². The Balaban J connectivity index is 1.59. The molecule has 1 N–H and O–H groups in total. The lowest BCUT2D eigenvalue weighted by Gasteiger charge is -2.03. The van der Waals surface area contributed by atoms with E-state index in [1.807, 2.05) is 38.1 Å². The molecule has 1 amide bonds. The first-order valence-corrected chi connectivity index (χ1v) is 9.38. The number of oxazole rings is 1. The van der Waals surface area contributed by atoms with Crippen LogP contribution in [0.25, 0.3) is 11.5 Å². The monoisotopic (exact) mass is 346 g/mol. The van der Waals surface area contributed by atoms with Gasteiger partial charge in [-0.15, -0.1) is 11.8 Å². The maximum Gasteiger partial charge on any atom is 0.230 e. The molecule has 0 atom stereocenters. The summed E-state index contributed by atoms with van der Waals surface area (Å²) in [7, 11) is 0. The van der Waals surface area contributed by atoms with Gasteiger partial charge in [0.05, 0.1) is 18.1 Å². The van der Waals surface area contributed by atoms with E-state index in [9.17, 15) is 4.79 Å². The molecule has 6 heteroatoms. The summed E-state index contributed by atoms with van der Waals surface area (Å²) in [6.07, 6.45) is 2.23. The first-order chi connectivity index (χ1) is 11.7.